The van der Waals surface area contributed by atoms with Crippen molar-refractivity contribution in [2.45, 2.75) is 58.3 Å². The molecule has 3 rings (SSSR count). The third-order valence-corrected chi connectivity index (χ3v) is 4.89. The first-order valence-corrected chi connectivity index (χ1v) is 9.63. The Hall–Kier alpha value is -1.50. The third kappa shape index (κ3) is 5.49. The van der Waals surface area contributed by atoms with E-state index in [2.05, 4.69) is 59.7 Å². The molecule has 5 nitrogen and oxygen atoms in total. The van der Waals surface area contributed by atoms with Crippen molar-refractivity contribution in [3.05, 3.63) is 41.2 Å². The average molecular weight is 362 g/mol. The van der Waals surface area contributed by atoms with Gasteiger partial charge in [-0.3, -0.25) is 0 Å². The number of ether oxygens (including phenoxy) is 2. The normalized spacial score (nSPS) is 16.1. The number of hydrogen-bond acceptors (Lipinski definition) is 6. The van der Waals surface area contributed by atoms with Crippen molar-refractivity contribution >= 4 is 16.7 Å². The molecule has 0 unspecified atom stereocenters. The number of nitrogens with one attached hydrogen (secondary N) is 1. The van der Waals surface area contributed by atoms with Crippen LogP contribution in [0, 0.1) is 0 Å². The Bertz CT molecular complexity index is 658. The average Bonchev–Trinajstić information content (AvgIpc) is 3.09. The van der Waals surface area contributed by atoms with Crippen LogP contribution in [-0.4, -0.2) is 28.7 Å². The lowest BCUT2D eigenvalue weighted by Gasteiger charge is -2.22. The first-order valence-electron chi connectivity index (χ1n) is 8.86. The van der Waals surface area contributed by atoms with Crippen LogP contribution in [0.1, 0.15) is 50.6 Å². The van der Waals surface area contributed by atoms with Crippen molar-refractivity contribution in [1.82, 2.24) is 9.36 Å². The molecule has 0 atom stereocenters. The smallest absolute Gasteiger partial charge is 0.202 e. The molecular weight excluding hydrogens is 334 g/mol. The van der Waals surface area contributed by atoms with Gasteiger partial charge < -0.3 is 14.8 Å². The van der Waals surface area contributed by atoms with Crippen molar-refractivity contribution in [2.24, 2.45) is 0 Å². The van der Waals surface area contributed by atoms with Crippen molar-refractivity contribution in [3.63, 3.8) is 0 Å². The Balaban J connectivity index is 1.46. The second-order valence-electron chi connectivity index (χ2n) is 7.47. The van der Waals surface area contributed by atoms with E-state index in [1.807, 2.05) is 0 Å². The van der Waals surface area contributed by atoms with Crippen LogP contribution in [0.4, 0.5) is 5.13 Å². The molecule has 2 aromatic rings. The van der Waals surface area contributed by atoms with E-state index in [1.165, 1.54) is 22.7 Å². The van der Waals surface area contributed by atoms with Gasteiger partial charge in [0.05, 0.1) is 12.7 Å². The molecule has 1 aliphatic rings. The lowest BCUT2D eigenvalue weighted by molar-refractivity contribution is -0.0390. The molecule has 0 aliphatic carbocycles. The van der Waals surface area contributed by atoms with E-state index in [-0.39, 0.29) is 5.41 Å². The van der Waals surface area contributed by atoms with Crippen LogP contribution in [0.2, 0.25) is 0 Å². The lowest BCUT2D eigenvalue weighted by Crippen LogP contribution is -2.23. The van der Waals surface area contributed by atoms with E-state index >= 15 is 0 Å². The second kappa shape index (κ2) is 8.25. The van der Waals surface area contributed by atoms with Gasteiger partial charge in [0.15, 0.2) is 0 Å². The number of anilines is 1. The van der Waals surface area contributed by atoms with Crippen molar-refractivity contribution in [3.8, 4) is 0 Å². The van der Waals surface area contributed by atoms with Crippen molar-refractivity contribution in [2.75, 3.05) is 18.5 Å². The summed E-state index contributed by atoms with van der Waals surface area (Å²) in [6.45, 7) is 9.43. The van der Waals surface area contributed by atoms with E-state index in [4.69, 9.17) is 9.47 Å². The molecule has 1 N–H and O–H groups in total. The molecule has 1 aliphatic heterocycles. The Morgan fingerprint density at radius 3 is 2.48 bits per heavy atom. The van der Waals surface area contributed by atoms with Gasteiger partial charge in [0, 0.05) is 36.7 Å². The summed E-state index contributed by atoms with van der Waals surface area (Å²) in [7, 11) is 0. The van der Waals surface area contributed by atoms with Crippen LogP contribution in [0.15, 0.2) is 24.3 Å². The highest BCUT2D eigenvalue weighted by atomic mass is 32.1. The molecule has 1 fully saturated rings. The molecule has 0 saturated carbocycles. The molecule has 0 spiro atoms. The summed E-state index contributed by atoms with van der Waals surface area (Å²) in [6.07, 6.45) is 2.34. The minimum absolute atomic E-state index is 0.0114. The molecule has 2 heterocycles. The highest BCUT2D eigenvalue weighted by Gasteiger charge is 2.19. The first-order chi connectivity index (χ1) is 12.0. The summed E-state index contributed by atoms with van der Waals surface area (Å²) in [5.41, 5.74) is 2.42. The summed E-state index contributed by atoms with van der Waals surface area (Å²) in [4.78, 5) is 4.56. The van der Waals surface area contributed by atoms with E-state index in [0.717, 1.165) is 43.6 Å². The van der Waals surface area contributed by atoms with E-state index in [0.29, 0.717) is 12.7 Å². The minimum atomic E-state index is -0.0114. The Labute approximate surface area is 153 Å². The van der Waals surface area contributed by atoms with Crippen molar-refractivity contribution in [1.29, 1.82) is 0 Å². The molecule has 0 radical (unpaired) electrons. The number of rotatable bonds is 6. The SMILES string of the molecule is CC(C)(C)c1nsc(NCc2ccc(COC3CCOCC3)cc2)n1. The lowest BCUT2D eigenvalue weighted by atomic mass is 9.96. The van der Waals surface area contributed by atoms with Gasteiger partial charge in [-0.15, -0.1) is 0 Å². The summed E-state index contributed by atoms with van der Waals surface area (Å²) >= 11 is 1.42. The van der Waals surface area contributed by atoms with Crippen LogP contribution in [-0.2, 0) is 28.0 Å². The Kier molecular flexibility index (Phi) is 6.04. The van der Waals surface area contributed by atoms with Gasteiger partial charge in [-0.2, -0.15) is 4.37 Å². The Morgan fingerprint density at radius 2 is 1.84 bits per heavy atom. The van der Waals surface area contributed by atoms with E-state index in [9.17, 15) is 0 Å². The second-order valence-corrected chi connectivity index (χ2v) is 8.22. The number of aromatic nitrogens is 2. The minimum Gasteiger partial charge on any atom is -0.381 e. The largest absolute Gasteiger partial charge is 0.381 e. The van der Waals surface area contributed by atoms with Gasteiger partial charge in [0.1, 0.15) is 5.82 Å². The van der Waals surface area contributed by atoms with Gasteiger partial charge in [-0.05, 0) is 24.0 Å². The topological polar surface area (TPSA) is 56.3 Å². The molecule has 1 aromatic heterocycles. The zero-order valence-electron chi connectivity index (χ0n) is 15.2. The fraction of sp³-hybridized carbons (Fsp3) is 0.579. The quantitative estimate of drug-likeness (QED) is 0.838. The van der Waals surface area contributed by atoms with Gasteiger partial charge in [-0.25, -0.2) is 4.98 Å². The number of hydrogen-bond donors (Lipinski definition) is 1. The molecule has 6 heteroatoms. The highest BCUT2D eigenvalue weighted by Crippen LogP contribution is 2.23. The van der Waals surface area contributed by atoms with Gasteiger partial charge >= 0.3 is 0 Å². The maximum Gasteiger partial charge on any atom is 0.202 e. The fourth-order valence-corrected chi connectivity index (χ4v) is 3.34. The molecule has 25 heavy (non-hydrogen) atoms. The van der Waals surface area contributed by atoms with E-state index in [1.54, 1.807) is 0 Å². The van der Waals surface area contributed by atoms with Gasteiger partial charge in [0.25, 0.3) is 0 Å². The van der Waals surface area contributed by atoms with Crippen molar-refractivity contribution < 1.29 is 9.47 Å². The molecule has 0 amide bonds. The van der Waals surface area contributed by atoms with Crippen LogP contribution in [0.3, 0.4) is 0 Å². The van der Waals surface area contributed by atoms with E-state index < -0.39 is 0 Å². The third-order valence-electron chi connectivity index (χ3n) is 4.22. The molecule has 0 bridgehead atoms. The van der Waals surface area contributed by atoms with Crippen LogP contribution >= 0.6 is 11.5 Å². The Morgan fingerprint density at radius 1 is 1.16 bits per heavy atom. The van der Waals surface area contributed by atoms with Gasteiger partial charge in [0.2, 0.25) is 5.13 Å². The summed E-state index contributed by atoms with van der Waals surface area (Å²) in [5.74, 6) is 0.889. The number of benzene rings is 1. The summed E-state index contributed by atoms with van der Waals surface area (Å²) in [6, 6.07) is 8.55. The number of nitrogens with zero attached hydrogens (tertiary/aromatic N) is 2. The van der Waals surface area contributed by atoms with Crippen LogP contribution < -0.4 is 5.32 Å². The van der Waals surface area contributed by atoms with Crippen LogP contribution in [0.25, 0.3) is 0 Å². The summed E-state index contributed by atoms with van der Waals surface area (Å²) < 4.78 is 15.7. The maximum atomic E-state index is 5.96. The maximum absolute atomic E-state index is 5.96. The predicted molar refractivity (Wildman–Crippen MR) is 101 cm³/mol. The summed E-state index contributed by atoms with van der Waals surface area (Å²) in [5, 5.41) is 4.23. The highest BCUT2D eigenvalue weighted by molar-refractivity contribution is 7.09. The molecule has 1 aromatic carbocycles. The molecule has 136 valence electrons. The first kappa shape index (κ1) is 18.3. The monoisotopic (exact) mass is 361 g/mol. The standard InChI is InChI=1S/C19H27N3O2S/c1-19(2,3)17-21-18(25-22-17)20-12-14-4-6-15(7-5-14)13-24-16-8-10-23-11-9-16/h4-7,16H,8-13H2,1-3H3,(H,20,21,22). The van der Waals surface area contributed by atoms with Crippen LogP contribution in [0.5, 0.6) is 0 Å². The fourth-order valence-electron chi connectivity index (χ4n) is 2.59. The predicted octanol–water partition coefficient (Wildman–Crippen LogP) is 4.14. The zero-order chi connectivity index (χ0) is 17.7. The molecular formula is C19H27N3O2S. The van der Waals surface area contributed by atoms with Gasteiger partial charge in [-0.1, -0.05) is 45.0 Å². The molecule has 1 saturated heterocycles. The zero-order valence-corrected chi connectivity index (χ0v) is 16.1.